The number of methoxy groups -OCH3 is 1. The van der Waals surface area contributed by atoms with Crippen LogP contribution in [-0.4, -0.2) is 22.2 Å². The number of ether oxygens (including phenoxy) is 1. The molecule has 2 heterocycles. The van der Waals surface area contributed by atoms with E-state index >= 15 is 0 Å². The van der Waals surface area contributed by atoms with Crippen LogP contribution in [0.25, 0.3) is 22.1 Å². The summed E-state index contributed by atoms with van der Waals surface area (Å²) in [5.41, 5.74) is 2.52. The van der Waals surface area contributed by atoms with Gasteiger partial charge in [0.2, 0.25) is 11.5 Å². The Morgan fingerprint density at radius 2 is 1.61 bits per heavy atom. The van der Waals surface area contributed by atoms with Crippen molar-refractivity contribution in [1.82, 2.24) is 14.5 Å². The molecule has 0 atom stereocenters. The Balaban J connectivity index is 1.55. The summed E-state index contributed by atoms with van der Waals surface area (Å²) in [6.45, 7) is 2.10. The van der Waals surface area contributed by atoms with Crippen molar-refractivity contribution in [2.75, 3.05) is 7.11 Å². The molecule has 36 heavy (non-hydrogen) atoms. The number of hydrogen-bond donors (Lipinski definition) is 1. The first-order valence-electron chi connectivity index (χ1n) is 11.5. The molecule has 0 spiro atoms. The molecule has 3 aromatic carbocycles. The molecule has 5 aromatic rings. The summed E-state index contributed by atoms with van der Waals surface area (Å²) in [4.78, 5) is 39.9. The summed E-state index contributed by atoms with van der Waals surface area (Å²) < 4.78 is 13.5. The molecule has 8 nitrogen and oxygen atoms in total. The van der Waals surface area contributed by atoms with Crippen molar-refractivity contribution in [2.45, 2.75) is 26.6 Å². The van der Waals surface area contributed by atoms with Gasteiger partial charge in [-0.25, -0.2) is 4.79 Å². The fraction of sp³-hybridized carbons (Fsp3) is 0.179. The molecule has 5 rings (SSSR count). The molecule has 0 unspecified atom stereocenters. The predicted molar refractivity (Wildman–Crippen MR) is 137 cm³/mol. The van der Waals surface area contributed by atoms with Crippen LogP contribution in [0.15, 0.2) is 86.8 Å². The number of carbonyl (C=O) groups is 1. The lowest BCUT2D eigenvalue weighted by Crippen LogP contribution is -2.42. The lowest BCUT2D eigenvalue weighted by molar-refractivity contribution is -0.121. The van der Waals surface area contributed by atoms with Gasteiger partial charge in [-0.3, -0.25) is 18.7 Å². The van der Waals surface area contributed by atoms with Gasteiger partial charge in [0.15, 0.2) is 0 Å². The van der Waals surface area contributed by atoms with E-state index in [9.17, 15) is 14.4 Å². The normalized spacial score (nSPS) is 11.2. The first kappa shape index (κ1) is 23.2. The van der Waals surface area contributed by atoms with Crippen LogP contribution in [0.5, 0.6) is 5.75 Å². The summed E-state index contributed by atoms with van der Waals surface area (Å²) >= 11 is 0. The first-order chi connectivity index (χ1) is 17.4. The van der Waals surface area contributed by atoms with Crippen molar-refractivity contribution < 1.29 is 13.9 Å². The predicted octanol–water partition coefficient (Wildman–Crippen LogP) is 3.59. The topological polar surface area (TPSA) is 95.5 Å². The van der Waals surface area contributed by atoms with Crippen LogP contribution < -0.4 is 21.3 Å². The number of rotatable bonds is 7. The molecule has 0 aliphatic carbocycles. The number of hydrogen-bond acceptors (Lipinski definition) is 5. The number of fused-ring (bicyclic) bond motifs is 3. The summed E-state index contributed by atoms with van der Waals surface area (Å²) in [5.74, 6) is 0.320. The molecular weight excluding hydrogens is 458 g/mol. The molecule has 0 saturated heterocycles. The minimum atomic E-state index is -0.583. The van der Waals surface area contributed by atoms with Crippen LogP contribution in [0.1, 0.15) is 16.7 Å². The van der Waals surface area contributed by atoms with E-state index in [2.05, 4.69) is 5.32 Å². The van der Waals surface area contributed by atoms with E-state index in [1.165, 1.54) is 4.57 Å². The standard InChI is InChI=1S/C28H25N3O5/c1-18-7-9-19(10-8-18)15-29-24(32)17-30-25-22-5-3-4-6-23(22)36-26(25)27(33)31(28(30)34)16-20-11-13-21(35-2)14-12-20/h3-14H,15-17H2,1-2H3,(H,29,32). The summed E-state index contributed by atoms with van der Waals surface area (Å²) in [6.07, 6.45) is 0. The molecule has 1 amide bonds. The van der Waals surface area contributed by atoms with E-state index in [0.717, 1.165) is 21.3 Å². The zero-order chi connectivity index (χ0) is 25.2. The zero-order valence-electron chi connectivity index (χ0n) is 20.0. The average molecular weight is 484 g/mol. The molecule has 0 radical (unpaired) electrons. The Kier molecular flexibility index (Phi) is 6.16. The van der Waals surface area contributed by atoms with Crippen LogP contribution in [0.2, 0.25) is 0 Å². The molecule has 0 fully saturated rings. The van der Waals surface area contributed by atoms with Crippen LogP contribution in [0.3, 0.4) is 0 Å². The van der Waals surface area contributed by atoms with Gasteiger partial charge in [0.05, 0.1) is 13.7 Å². The second kappa shape index (κ2) is 9.58. The molecule has 2 aromatic heterocycles. The lowest BCUT2D eigenvalue weighted by atomic mass is 10.1. The zero-order valence-corrected chi connectivity index (χ0v) is 20.0. The third kappa shape index (κ3) is 4.40. The van der Waals surface area contributed by atoms with Crippen LogP contribution in [-0.2, 0) is 24.4 Å². The van der Waals surface area contributed by atoms with Crippen molar-refractivity contribution in [1.29, 1.82) is 0 Å². The molecule has 182 valence electrons. The van der Waals surface area contributed by atoms with Crippen molar-refractivity contribution in [3.05, 3.63) is 110 Å². The largest absolute Gasteiger partial charge is 0.497 e. The maximum atomic E-state index is 13.6. The van der Waals surface area contributed by atoms with E-state index in [1.54, 1.807) is 55.6 Å². The van der Waals surface area contributed by atoms with E-state index in [4.69, 9.17) is 9.15 Å². The Morgan fingerprint density at radius 1 is 0.917 bits per heavy atom. The smallest absolute Gasteiger partial charge is 0.332 e. The number of aryl methyl sites for hydroxylation is 1. The second-order valence-corrected chi connectivity index (χ2v) is 8.65. The highest BCUT2D eigenvalue weighted by Crippen LogP contribution is 2.25. The van der Waals surface area contributed by atoms with Gasteiger partial charge in [0, 0.05) is 11.9 Å². The fourth-order valence-corrected chi connectivity index (χ4v) is 4.20. The minimum absolute atomic E-state index is 0.0274. The van der Waals surface area contributed by atoms with Crippen molar-refractivity contribution in [2.24, 2.45) is 0 Å². The van der Waals surface area contributed by atoms with Gasteiger partial charge in [-0.05, 0) is 42.3 Å². The second-order valence-electron chi connectivity index (χ2n) is 8.65. The number of aromatic nitrogens is 2. The van der Waals surface area contributed by atoms with E-state index in [0.29, 0.717) is 28.8 Å². The number of benzene rings is 3. The molecule has 0 aliphatic heterocycles. The number of para-hydroxylation sites is 1. The molecule has 0 aliphatic rings. The maximum Gasteiger partial charge on any atom is 0.332 e. The van der Waals surface area contributed by atoms with Gasteiger partial charge < -0.3 is 14.5 Å². The Hall–Kier alpha value is -4.59. The third-order valence-electron chi connectivity index (χ3n) is 6.15. The molecular formula is C28H25N3O5. The average Bonchev–Trinajstić information content (AvgIpc) is 3.29. The van der Waals surface area contributed by atoms with Gasteiger partial charge in [-0.15, -0.1) is 0 Å². The van der Waals surface area contributed by atoms with Crippen molar-refractivity contribution >= 4 is 28.0 Å². The van der Waals surface area contributed by atoms with Gasteiger partial charge in [-0.1, -0.05) is 54.1 Å². The van der Waals surface area contributed by atoms with E-state index in [1.807, 2.05) is 31.2 Å². The van der Waals surface area contributed by atoms with Crippen molar-refractivity contribution in [3.63, 3.8) is 0 Å². The van der Waals surface area contributed by atoms with E-state index in [-0.39, 0.29) is 24.6 Å². The number of furan rings is 1. The molecule has 0 saturated carbocycles. The molecule has 0 bridgehead atoms. The Bertz CT molecular complexity index is 1680. The first-order valence-corrected chi connectivity index (χ1v) is 11.5. The monoisotopic (exact) mass is 483 g/mol. The summed E-state index contributed by atoms with van der Waals surface area (Å²) in [7, 11) is 1.57. The third-order valence-corrected chi connectivity index (χ3v) is 6.15. The molecule has 1 N–H and O–H groups in total. The van der Waals surface area contributed by atoms with Gasteiger partial charge in [0.1, 0.15) is 23.4 Å². The Morgan fingerprint density at radius 3 is 2.33 bits per heavy atom. The number of nitrogens with zero attached hydrogens (tertiary/aromatic N) is 2. The maximum absolute atomic E-state index is 13.6. The number of nitrogens with one attached hydrogen (secondary N) is 1. The van der Waals surface area contributed by atoms with Crippen molar-refractivity contribution in [3.8, 4) is 5.75 Å². The molecule has 8 heteroatoms. The SMILES string of the molecule is COc1ccc(Cn2c(=O)c3oc4ccccc4c3n(CC(=O)NCc3ccc(C)cc3)c2=O)cc1. The highest BCUT2D eigenvalue weighted by atomic mass is 16.5. The van der Waals surface area contributed by atoms with Crippen LogP contribution in [0.4, 0.5) is 0 Å². The summed E-state index contributed by atoms with van der Waals surface area (Å²) in [5, 5.41) is 3.47. The Labute approximate surface area is 206 Å². The quantitative estimate of drug-likeness (QED) is 0.382. The van der Waals surface area contributed by atoms with Crippen LogP contribution in [0, 0.1) is 6.92 Å². The highest BCUT2D eigenvalue weighted by molar-refractivity contribution is 6.02. The van der Waals surface area contributed by atoms with E-state index < -0.39 is 11.2 Å². The van der Waals surface area contributed by atoms with Crippen LogP contribution >= 0.6 is 0 Å². The fourth-order valence-electron chi connectivity index (χ4n) is 4.20. The summed E-state index contributed by atoms with van der Waals surface area (Å²) in [6, 6.07) is 22.0. The number of carbonyl (C=O) groups excluding carboxylic acids is 1. The number of amides is 1. The lowest BCUT2D eigenvalue weighted by Gasteiger charge is -2.13. The van der Waals surface area contributed by atoms with Gasteiger partial charge in [0.25, 0.3) is 5.56 Å². The highest BCUT2D eigenvalue weighted by Gasteiger charge is 2.21. The van der Waals surface area contributed by atoms with Gasteiger partial charge in [-0.2, -0.15) is 0 Å². The van der Waals surface area contributed by atoms with Gasteiger partial charge >= 0.3 is 5.69 Å². The minimum Gasteiger partial charge on any atom is -0.497 e.